The molecule has 1 amide bonds. The van der Waals surface area contributed by atoms with E-state index in [1.165, 1.54) is 18.2 Å². The van der Waals surface area contributed by atoms with Gasteiger partial charge in [-0.05, 0) is 49.4 Å². The molecule has 2 heterocycles. The molecule has 1 saturated heterocycles. The van der Waals surface area contributed by atoms with E-state index >= 15 is 0 Å². The number of aromatic nitrogens is 3. The van der Waals surface area contributed by atoms with Crippen molar-refractivity contribution in [1.29, 1.82) is 0 Å². The predicted molar refractivity (Wildman–Crippen MR) is 103 cm³/mol. The van der Waals surface area contributed by atoms with Crippen LogP contribution in [0.1, 0.15) is 27.2 Å². The zero-order chi connectivity index (χ0) is 18.7. The van der Waals surface area contributed by atoms with Gasteiger partial charge in [0.25, 0.3) is 0 Å². The number of benzene rings is 1. The van der Waals surface area contributed by atoms with Gasteiger partial charge in [0.15, 0.2) is 5.82 Å². The number of carbonyl (C=O) groups excluding carboxylic acids is 1. The Bertz CT molecular complexity index is 736. The van der Waals surface area contributed by atoms with Gasteiger partial charge in [-0.1, -0.05) is 25.6 Å². The molecule has 1 N–H and O–H groups in total. The van der Waals surface area contributed by atoms with Gasteiger partial charge in [-0.15, -0.1) is 5.10 Å². The number of ether oxygens (including phenoxy) is 1. The fraction of sp³-hybridized carbons (Fsp3) is 0.526. The highest BCUT2D eigenvalue weighted by Gasteiger charge is 2.29. The van der Waals surface area contributed by atoms with Gasteiger partial charge in [-0.2, -0.15) is 0 Å². The van der Waals surface area contributed by atoms with Gasteiger partial charge < -0.3 is 9.64 Å². The second-order valence-electron chi connectivity index (χ2n) is 7.14. The van der Waals surface area contributed by atoms with Crippen molar-refractivity contribution in [3.05, 3.63) is 24.3 Å². The van der Waals surface area contributed by atoms with E-state index in [1.54, 1.807) is 7.11 Å². The van der Waals surface area contributed by atoms with Crippen LogP contribution < -0.4 is 4.74 Å². The third-order valence-electron chi connectivity index (χ3n) is 4.64. The summed E-state index contributed by atoms with van der Waals surface area (Å²) in [6, 6.07) is 7.63. The molecule has 0 bridgehead atoms. The van der Waals surface area contributed by atoms with Crippen molar-refractivity contribution in [2.24, 2.45) is 11.8 Å². The topological polar surface area (TPSA) is 71.1 Å². The number of amides is 1. The quantitative estimate of drug-likeness (QED) is 0.812. The largest absolute Gasteiger partial charge is 0.497 e. The number of hydrogen-bond donors (Lipinski definition) is 1. The van der Waals surface area contributed by atoms with Crippen LogP contribution in [0.25, 0.3) is 11.4 Å². The van der Waals surface area contributed by atoms with Gasteiger partial charge in [0, 0.05) is 18.7 Å². The fourth-order valence-electron chi connectivity index (χ4n) is 3.49. The second kappa shape index (κ2) is 8.12. The summed E-state index contributed by atoms with van der Waals surface area (Å²) in [6.07, 6.45) is 1.19. The number of methoxy groups -OCH3 is 1. The highest BCUT2D eigenvalue weighted by molar-refractivity contribution is 8.00. The summed E-state index contributed by atoms with van der Waals surface area (Å²) in [4.78, 5) is 19.3. The van der Waals surface area contributed by atoms with Crippen molar-refractivity contribution in [3.8, 4) is 17.1 Å². The Morgan fingerprint density at radius 1 is 1.27 bits per heavy atom. The molecule has 1 aromatic carbocycles. The van der Waals surface area contributed by atoms with Gasteiger partial charge in [-0.3, -0.25) is 9.89 Å². The van der Waals surface area contributed by atoms with E-state index in [0.29, 0.717) is 22.8 Å². The van der Waals surface area contributed by atoms with Crippen LogP contribution in [-0.2, 0) is 4.79 Å². The summed E-state index contributed by atoms with van der Waals surface area (Å²) >= 11 is 1.40. The van der Waals surface area contributed by atoms with Crippen molar-refractivity contribution in [2.75, 3.05) is 20.2 Å². The molecule has 7 heteroatoms. The van der Waals surface area contributed by atoms with E-state index in [0.717, 1.165) is 24.4 Å². The van der Waals surface area contributed by atoms with E-state index in [1.807, 2.05) is 36.1 Å². The SMILES string of the molecule is COc1ccc(-c2nc(SC(C)C(=O)N3CC(C)CC(C)C3)n[nH]2)cc1. The first-order valence-corrected chi connectivity index (χ1v) is 9.86. The molecule has 3 atom stereocenters. The van der Waals surface area contributed by atoms with Crippen LogP contribution in [0.5, 0.6) is 5.75 Å². The molecule has 1 fully saturated rings. The van der Waals surface area contributed by atoms with Crippen molar-refractivity contribution in [2.45, 2.75) is 37.6 Å². The zero-order valence-electron chi connectivity index (χ0n) is 15.7. The Morgan fingerprint density at radius 2 is 1.92 bits per heavy atom. The molecule has 6 nitrogen and oxygen atoms in total. The van der Waals surface area contributed by atoms with Gasteiger partial charge >= 0.3 is 0 Å². The molecule has 3 unspecified atom stereocenters. The molecule has 3 rings (SSSR count). The van der Waals surface area contributed by atoms with Crippen LogP contribution in [0.3, 0.4) is 0 Å². The molecule has 0 spiro atoms. The number of hydrogen-bond acceptors (Lipinski definition) is 5. The highest BCUT2D eigenvalue weighted by Crippen LogP contribution is 2.27. The maximum atomic E-state index is 12.8. The summed E-state index contributed by atoms with van der Waals surface area (Å²) in [5, 5.41) is 7.60. The van der Waals surface area contributed by atoms with E-state index < -0.39 is 0 Å². The molecule has 0 radical (unpaired) electrons. The lowest BCUT2D eigenvalue weighted by Gasteiger charge is -2.36. The number of piperidine rings is 1. The van der Waals surface area contributed by atoms with E-state index in [4.69, 9.17) is 4.74 Å². The summed E-state index contributed by atoms with van der Waals surface area (Å²) < 4.78 is 5.17. The number of nitrogens with one attached hydrogen (secondary N) is 1. The van der Waals surface area contributed by atoms with Crippen LogP contribution in [0.2, 0.25) is 0 Å². The summed E-state index contributed by atoms with van der Waals surface area (Å²) in [5.74, 6) is 2.78. The minimum Gasteiger partial charge on any atom is -0.497 e. The molecule has 140 valence electrons. The number of carbonyl (C=O) groups is 1. The van der Waals surface area contributed by atoms with Gasteiger partial charge in [0.2, 0.25) is 11.1 Å². The van der Waals surface area contributed by atoms with Crippen molar-refractivity contribution in [1.82, 2.24) is 20.1 Å². The molecule has 1 aliphatic heterocycles. The number of nitrogens with zero attached hydrogens (tertiary/aromatic N) is 3. The Labute approximate surface area is 158 Å². The standard InChI is InChI=1S/C19H26N4O2S/c1-12-9-13(2)11-23(10-12)18(24)14(3)26-19-20-17(21-22-19)15-5-7-16(25-4)8-6-15/h5-8,12-14H,9-11H2,1-4H3,(H,20,21,22). The van der Waals surface area contributed by atoms with Crippen molar-refractivity contribution in [3.63, 3.8) is 0 Å². The lowest BCUT2D eigenvalue weighted by molar-refractivity contribution is -0.132. The molecule has 0 saturated carbocycles. The molecule has 26 heavy (non-hydrogen) atoms. The normalized spacial score (nSPS) is 21.5. The third-order valence-corrected chi connectivity index (χ3v) is 5.59. The fourth-order valence-corrected chi connectivity index (χ4v) is 4.29. The van der Waals surface area contributed by atoms with Gasteiger partial charge in [-0.25, -0.2) is 4.98 Å². The number of likely N-dealkylation sites (tertiary alicyclic amines) is 1. The Hall–Kier alpha value is -2.02. The van der Waals surface area contributed by atoms with Crippen LogP contribution in [0.4, 0.5) is 0 Å². The van der Waals surface area contributed by atoms with Crippen molar-refractivity contribution < 1.29 is 9.53 Å². The minimum absolute atomic E-state index is 0.171. The number of H-pyrrole nitrogens is 1. The molecular weight excluding hydrogens is 348 g/mol. The Morgan fingerprint density at radius 3 is 2.54 bits per heavy atom. The summed E-state index contributed by atoms with van der Waals surface area (Å²) in [5.41, 5.74) is 0.933. The van der Waals surface area contributed by atoms with Crippen LogP contribution in [0.15, 0.2) is 29.4 Å². The second-order valence-corrected chi connectivity index (χ2v) is 8.45. The predicted octanol–water partition coefficient (Wildman–Crippen LogP) is 3.47. The van der Waals surface area contributed by atoms with Gasteiger partial charge in [0.05, 0.1) is 12.4 Å². The highest BCUT2D eigenvalue weighted by atomic mass is 32.2. The first-order valence-electron chi connectivity index (χ1n) is 8.98. The van der Waals surface area contributed by atoms with Crippen LogP contribution in [-0.4, -0.2) is 51.4 Å². The molecule has 0 aliphatic carbocycles. The van der Waals surface area contributed by atoms with Gasteiger partial charge in [0.1, 0.15) is 5.75 Å². The number of rotatable bonds is 5. The lowest BCUT2D eigenvalue weighted by atomic mass is 9.92. The Kier molecular flexibility index (Phi) is 5.86. The first kappa shape index (κ1) is 18.8. The maximum absolute atomic E-state index is 12.8. The zero-order valence-corrected chi connectivity index (χ0v) is 16.5. The maximum Gasteiger partial charge on any atom is 0.235 e. The monoisotopic (exact) mass is 374 g/mol. The van der Waals surface area contributed by atoms with E-state index in [-0.39, 0.29) is 11.2 Å². The first-order chi connectivity index (χ1) is 12.5. The molecule has 1 aromatic heterocycles. The smallest absolute Gasteiger partial charge is 0.235 e. The summed E-state index contributed by atoms with van der Waals surface area (Å²) in [6.45, 7) is 8.05. The van der Waals surface area contributed by atoms with E-state index in [9.17, 15) is 4.79 Å². The molecular formula is C19H26N4O2S. The average molecular weight is 375 g/mol. The van der Waals surface area contributed by atoms with Crippen molar-refractivity contribution >= 4 is 17.7 Å². The molecule has 2 aromatic rings. The van der Waals surface area contributed by atoms with E-state index in [2.05, 4.69) is 29.0 Å². The minimum atomic E-state index is -0.202. The lowest BCUT2D eigenvalue weighted by Crippen LogP contribution is -2.45. The van der Waals surface area contributed by atoms with Crippen LogP contribution in [0, 0.1) is 11.8 Å². The summed E-state index contributed by atoms with van der Waals surface area (Å²) in [7, 11) is 1.64. The van der Waals surface area contributed by atoms with Crippen LogP contribution >= 0.6 is 11.8 Å². The number of thioether (sulfide) groups is 1. The average Bonchev–Trinajstić information content (AvgIpc) is 3.08. The number of aromatic amines is 1. The molecule has 1 aliphatic rings. The third kappa shape index (κ3) is 4.38. The Balaban J connectivity index is 1.63.